The summed E-state index contributed by atoms with van der Waals surface area (Å²) in [4.78, 5) is 27.6. The molecule has 2 N–H and O–H groups in total. The van der Waals surface area contributed by atoms with Gasteiger partial charge in [0.1, 0.15) is 0 Å². The Hall–Kier alpha value is -2.66. The molecule has 2 aromatic carbocycles. The fourth-order valence-corrected chi connectivity index (χ4v) is 3.62. The van der Waals surface area contributed by atoms with Gasteiger partial charge in [0.25, 0.3) is 5.91 Å². The third-order valence-corrected chi connectivity index (χ3v) is 4.97. The predicted octanol–water partition coefficient (Wildman–Crippen LogP) is 3.68. The van der Waals surface area contributed by atoms with Crippen LogP contribution < -0.4 is 10.6 Å². The van der Waals surface area contributed by atoms with Crippen LogP contribution in [0.15, 0.2) is 54.6 Å². The van der Waals surface area contributed by atoms with Gasteiger partial charge in [0.05, 0.1) is 17.2 Å². The molecule has 1 saturated heterocycles. The van der Waals surface area contributed by atoms with Crippen LogP contribution in [0.2, 0.25) is 0 Å². The molecular weight excluding hydrogens is 350 g/mol. The van der Waals surface area contributed by atoms with Crippen LogP contribution in [0, 0.1) is 5.92 Å². The van der Waals surface area contributed by atoms with Crippen LogP contribution in [-0.2, 0) is 11.3 Å². The third kappa shape index (κ3) is 5.42. The Bertz CT molecular complexity index is 805. The van der Waals surface area contributed by atoms with Crippen LogP contribution in [0.5, 0.6) is 0 Å². The van der Waals surface area contributed by atoms with E-state index in [1.165, 1.54) is 5.56 Å². The van der Waals surface area contributed by atoms with Crippen LogP contribution in [0.25, 0.3) is 0 Å². The molecular formula is C23H29N3O2. The standard InChI is InChI=1S/C23H29N3O2/c1-17(2)24-23(28)20-12-6-7-13-21(20)25-22(27)19-11-8-14-26(16-19)15-18-9-4-3-5-10-18/h3-7,9-10,12-13,17,19H,8,11,14-16H2,1-2H3,(H,24,28)(H,25,27). The summed E-state index contributed by atoms with van der Waals surface area (Å²) in [6.07, 6.45) is 1.87. The minimum absolute atomic E-state index is 0.0115. The fraction of sp³-hybridized carbons (Fsp3) is 0.391. The van der Waals surface area contributed by atoms with Gasteiger partial charge in [-0.25, -0.2) is 0 Å². The van der Waals surface area contributed by atoms with E-state index >= 15 is 0 Å². The third-order valence-electron chi connectivity index (χ3n) is 4.97. The highest BCUT2D eigenvalue weighted by Crippen LogP contribution is 2.22. The van der Waals surface area contributed by atoms with Gasteiger partial charge >= 0.3 is 0 Å². The molecule has 1 fully saturated rings. The first-order valence-corrected chi connectivity index (χ1v) is 10.00. The number of carbonyl (C=O) groups excluding carboxylic acids is 2. The van der Waals surface area contributed by atoms with Gasteiger partial charge in [-0.2, -0.15) is 0 Å². The summed E-state index contributed by atoms with van der Waals surface area (Å²) >= 11 is 0. The molecule has 1 heterocycles. The Balaban J connectivity index is 1.64. The van der Waals surface area contributed by atoms with Crippen LogP contribution >= 0.6 is 0 Å². The first-order valence-electron chi connectivity index (χ1n) is 10.00. The van der Waals surface area contributed by atoms with E-state index in [2.05, 4.69) is 27.7 Å². The largest absolute Gasteiger partial charge is 0.350 e. The lowest BCUT2D eigenvalue weighted by Crippen LogP contribution is -2.40. The SMILES string of the molecule is CC(C)NC(=O)c1ccccc1NC(=O)C1CCCN(Cc2ccccc2)C1. The van der Waals surface area contributed by atoms with Crippen molar-refractivity contribution in [3.05, 3.63) is 65.7 Å². The molecule has 3 rings (SSSR count). The molecule has 5 nitrogen and oxygen atoms in total. The van der Waals surface area contributed by atoms with E-state index in [1.807, 2.05) is 44.2 Å². The van der Waals surface area contributed by atoms with E-state index in [-0.39, 0.29) is 23.8 Å². The van der Waals surface area contributed by atoms with Crippen LogP contribution in [0.4, 0.5) is 5.69 Å². The number of hydrogen-bond donors (Lipinski definition) is 2. The summed E-state index contributed by atoms with van der Waals surface area (Å²) in [6.45, 7) is 6.44. The van der Waals surface area contributed by atoms with Crippen molar-refractivity contribution in [1.82, 2.24) is 10.2 Å². The van der Waals surface area contributed by atoms with E-state index in [0.29, 0.717) is 11.3 Å². The molecule has 5 heteroatoms. The lowest BCUT2D eigenvalue weighted by atomic mass is 9.96. The van der Waals surface area contributed by atoms with Crippen LogP contribution in [-0.4, -0.2) is 35.8 Å². The van der Waals surface area contributed by atoms with Crippen molar-refractivity contribution in [2.24, 2.45) is 5.92 Å². The Labute approximate surface area is 167 Å². The number of nitrogens with zero attached hydrogens (tertiary/aromatic N) is 1. The van der Waals surface area contributed by atoms with Crippen molar-refractivity contribution >= 4 is 17.5 Å². The molecule has 2 amide bonds. The highest BCUT2D eigenvalue weighted by molar-refractivity contribution is 6.04. The summed E-state index contributed by atoms with van der Waals surface area (Å²) < 4.78 is 0. The summed E-state index contributed by atoms with van der Waals surface area (Å²) in [5.74, 6) is -0.249. The predicted molar refractivity (Wildman–Crippen MR) is 112 cm³/mol. The molecule has 28 heavy (non-hydrogen) atoms. The Morgan fingerprint density at radius 3 is 2.54 bits per heavy atom. The number of amides is 2. The number of likely N-dealkylation sites (tertiary alicyclic amines) is 1. The second-order valence-corrected chi connectivity index (χ2v) is 7.72. The molecule has 0 saturated carbocycles. The maximum absolute atomic E-state index is 12.9. The molecule has 0 aliphatic carbocycles. The van der Waals surface area contributed by atoms with Crippen molar-refractivity contribution in [3.8, 4) is 0 Å². The highest BCUT2D eigenvalue weighted by Gasteiger charge is 2.26. The molecule has 0 spiro atoms. The number of carbonyl (C=O) groups is 2. The molecule has 0 radical (unpaired) electrons. The van der Waals surface area contributed by atoms with E-state index in [9.17, 15) is 9.59 Å². The summed E-state index contributed by atoms with van der Waals surface area (Å²) in [5, 5.41) is 5.88. The van der Waals surface area contributed by atoms with Gasteiger partial charge in [0.15, 0.2) is 0 Å². The number of para-hydroxylation sites is 1. The molecule has 1 aliphatic rings. The van der Waals surface area contributed by atoms with Gasteiger partial charge in [0.2, 0.25) is 5.91 Å². The Kier molecular flexibility index (Phi) is 6.82. The topological polar surface area (TPSA) is 61.4 Å². The zero-order chi connectivity index (χ0) is 19.9. The minimum Gasteiger partial charge on any atom is -0.350 e. The zero-order valence-electron chi connectivity index (χ0n) is 16.7. The Morgan fingerprint density at radius 1 is 1.07 bits per heavy atom. The molecule has 0 aromatic heterocycles. The van der Waals surface area contributed by atoms with Crippen molar-refractivity contribution in [2.45, 2.75) is 39.3 Å². The van der Waals surface area contributed by atoms with E-state index < -0.39 is 0 Å². The van der Waals surface area contributed by atoms with Crippen molar-refractivity contribution in [2.75, 3.05) is 18.4 Å². The lowest BCUT2D eigenvalue weighted by Gasteiger charge is -2.32. The average molecular weight is 380 g/mol. The van der Waals surface area contributed by atoms with Gasteiger partial charge in [-0.15, -0.1) is 0 Å². The smallest absolute Gasteiger partial charge is 0.253 e. The van der Waals surface area contributed by atoms with Crippen molar-refractivity contribution in [3.63, 3.8) is 0 Å². The molecule has 1 unspecified atom stereocenters. The summed E-state index contributed by atoms with van der Waals surface area (Å²) in [5.41, 5.74) is 2.34. The van der Waals surface area contributed by atoms with Gasteiger partial charge in [-0.3, -0.25) is 14.5 Å². The highest BCUT2D eigenvalue weighted by atomic mass is 16.2. The second kappa shape index (κ2) is 9.51. The first kappa shape index (κ1) is 20.1. The maximum atomic E-state index is 12.9. The van der Waals surface area contributed by atoms with Crippen molar-refractivity contribution < 1.29 is 9.59 Å². The molecule has 0 bridgehead atoms. The minimum atomic E-state index is -0.166. The summed E-state index contributed by atoms with van der Waals surface area (Å²) in [7, 11) is 0. The molecule has 1 atom stereocenters. The van der Waals surface area contributed by atoms with Crippen LogP contribution in [0.3, 0.4) is 0 Å². The van der Waals surface area contributed by atoms with E-state index in [4.69, 9.17) is 0 Å². The molecule has 148 valence electrons. The number of benzene rings is 2. The average Bonchev–Trinajstić information content (AvgIpc) is 2.69. The number of hydrogen-bond acceptors (Lipinski definition) is 3. The van der Waals surface area contributed by atoms with Gasteiger partial charge in [-0.1, -0.05) is 42.5 Å². The van der Waals surface area contributed by atoms with Gasteiger partial charge < -0.3 is 10.6 Å². The number of rotatable bonds is 6. The lowest BCUT2D eigenvalue weighted by molar-refractivity contribution is -0.121. The van der Waals surface area contributed by atoms with E-state index in [1.54, 1.807) is 12.1 Å². The van der Waals surface area contributed by atoms with Crippen LogP contribution in [0.1, 0.15) is 42.6 Å². The van der Waals surface area contributed by atoms with Gasteiger partial charge in [0, 0.05) is 19.1 Å². The first-order chi connectivity index (χ1) is 13.5. The Morgan fingerprint density at radius 2 is 1.79 bits per heavy atom. The second-order valence-electron chi connectivity index (χ2n) is 7.72. The number of anilines is 1. The quantitative estimate of drug-likeness (QED) is 0.805. The van der Waals surface area contributed by atoms with E-state index in [0.717, 1.165) is 32.5 Å². The number of nitrogens with one attached hydrogen (secondary N) is 2. The monoisotopic (exact) mass is 379 g/mol. The maximum Gasteiger partial charge on any atom is 0.253 e. The van der Waals surface area contributed by atoms with Crippen molar-refractivity contribution in [1.29, 1.82) is 0 Å². The zero-order valence-corrected chi connectivity index (χ0v) is 16.7. The number of piperidine rings is 1. The molecule has 2 aromatic rings. The normalized spacial score (nSPS) is 17.3. The fourth-order valence-electron chi connectivity index (χ4n) is 3.62. The summed E-state index contributed by atoms with van der Waals surface area (Å²) in [6, 6.07) is 17.6. The molecule has 1 aliphatic heterocycles. The van der Waals surface area contributed by atoms with Gasteiger partial charge in [-0.05, 0) is 50.9 Å².